The molecule has 7 nitrogen and oxygen atoms in total. The molecule has 2 aromatic heterocycles. The number of methoxy groups -OCH3 is 1. The van der Waals surface area contributed by atoms with Crippen LogP contribution in [0.1, 0.15) is 47.5 Å². The predicted octanol–water partition coefficient (Wildman–Crippen LogP) is 4.35. The maximum atomic E-state index is 13.1. The molecule has 0 unspecified atom stereocenters. The Kier molecular flexibility index (Phi) is 6.62. The van der Waals surface area contributed by atoms with Gasteiger partial charge in [-0.1, -0.05) is 18.2 Å². The maximum Gasteiger partial charge on any atom is 0.261 e. The third-order valence-corrected chi connectivity index (χ3v) is 7.04. The van der Waals surface area contributed by atoms with Gasteiger partial charge in [0.2, 0.25) is 0 Å². The number of ether oxygens (including phenoxy) is 2. The van der Waals surface area contributed by atoms with Crippen molar-refractivity contribution in [3.63, 3.8) is 0 Å². The number of aryl methyl sites for hydroxylation is 1. The second kappa shape index (κ2) is 9.42. The fourth-order valence-electron chi connectivity index (χ4n) is 4.25. The van der Waals surface area contributed by atoms with Crippen molar-refractivity contribution in [3.05, 3.63) is 46.6 Å². The largest absolute Gasteiger partial charge is 0.496 e. The lowest BCUT2D eigenvalue weighted by atomic mass is 9.94. The minimum absolute atomic E-state index is 0.0480. The number of rotatable bonds is 7. The second-order valence-corrected chi connectivity index (χ2v) is 9.72. The van der Waals surface area contributed by atoms with Gasteiger partial charge in [-0.05, 0) is 57.2 Å². The highest BCUT2D eigenvalue weighted by Gasteiger charge is 2.30. The molecule has 1 aliphatic rings. The highest BCUT2D eigenvalue weighted by atomic mass is 32.1. The third-order valence-electron chi connectivity index (χ3n) is 5.84. The molecule has 0 bridgehead atoms. The molecule has 32 heavy (non-hydrogen) atoms. The number of thiophene rings is 1. The Morgan fingerprint density at radius 3 is 2.91 bits per heavy atom. The van der Waals surface area contributed by atoms with Gasteiger partial charge in [-0.25, -0.2) is 9.97 Å². The van der Waals surface area contributed by atoms with Gasteiger partial charge in [0.1, 0.15) is 22.7 Å². The molecule has 4 rings (SSSR count). The Balaban J connectivity index is 1.49. The minimum Gasteiger partial charge on any atom is -0.496 e. The lowest BCUT2D eigenvalue weighted by Crippen LogP contribution is -2.45. The average Bonchev–Trinajstić information content (AvgIpc) is 3.11. The summed E-state index contributed by atoms with van der Waals surface area (Å²) in [5.41, 5.74) is 1.83. The van der Waals surface area contributed by atoms with E-state index in [0.29, 0.717) is 18.0 Å². The Labute approximate surface area is 192 Å². The number of benzene rings is 1. The zero-order valence-electron chi connectivity index (χ0n) is 19.0. The first kappa shape index (κ1) is 22.5. The molecule has 1 atom stereocenters. The zero-order valence-corrected chi connectivity index (χ0v) is 19.8. The van der Waals surface area contributed by atoms with E-state index in [2.05, 4.69) is 40.5 Å². The van der Waals surface area contributed by atoms with E-state index in [1.165, 1.54) is 11.3 Å². The minimum atomic E-state index is -0.213. The number of hydrogen-bond acceptors (Lipinski definition) is 7. The number of fused-ring (bicyclic) bond motifs is 1. The van der Waals surface area contributed by atoms with E-state index in [-0.39, 0.29) is 17.6 Å². The van der Waals surface area contributed by atoms with Crippen LogP contribution in [0, 0.1) is 6.92 Å². The maximum absolute atomic E-state index is 13.1. The van der Waals surface area contributed by atoms with Gasteiger partial charge in [0.15, 0.2) is 0 Å². The van der Waals surface area contributed by atoms with Crippen molar-refractivity contribution in [1.82, 2.24) is 15.3 Å². The number of anilines is 1. The molecule has 0 saturated carbocycles. The van der Waals surface area contributed by atoms with Crippen LogP contribution < -0.4 is 15.4 Å². The molecule has 1 amide bonds. The summed E-state index contributed by atoms with van der Waals surface area (Å²) < 4.78 is 11.2. The van der Waals surface area contributed by atoms with Crippen LogP contribution in [0.25, 0.3) is 10.2 Å². The van der Waals surface area contributed by atoms with Gasteiger partial charge in [-0.2, -0.15) is 0 Å². The van der Waals surface area contributed by atoms with E-state index < -0.39 is 0 Å². The van der Waals surface area contributed by atoms with E-state index in [0.717, 1.165) is 52.2 Å². The molecule has 3 aromatic rings. The zero-order chi connectivity index (χ0) is 22.7. The summed E-state index contributed by atoms with van der Waals surface area (Å²) in [5, 5.41) is 7.53. The summed E-state index contributed by atoms with van der Waals surface area (Å²) in [6.45, 7) is 7.45. The number of carbonyl (C=O) groups excluding carboxylic acids is 1. The van der Waals surface area contributed by atoms with Crippen LogP contribution in [0.5, 0.6) is 5.75 Å². The highest BCUT2D eigenvalue weighted by Crippen LogP contribution is 2.34. The number of para-hydroxylation sites is 1. The Morgan fingerprint density at radius 1 is 1.31 bits per heavy atom. The molecule has 8 heteroatoms. The molecule has 1 fully saturated rings. The molecular formula is C24H30N4O3S. The molecule has 1 aliphatic heterocycles. The highest BCUT2D eigenvalue weighted by molar-refractivity contribution is 7.20. The SMILES string of the molecule is COc1ccccc1CCNc1ncnc2sc(C(=O)N[C@@H]3CCOC(C)(C)C3)c(C)c12. The first-order valence-electron chi connectivity index (χ1n) is 10.9. The molecule has 2 N–H and O–H groups in total. The number of hydrogen-bond donors (Lipinski definition) is 2. The van der Waals surface area contributed by atoms with Crippen LogP contribution in [0.2, 0.25) is 0 Å². The smallest absolute Gasteiger partial charge is 0.261 e. The number of aromatic nitrogens is 2. The third kappa shape index (κ3) is 4.86. The van der Waals surface area contributed by atoms with Crippen molar-refractivity contribution < 1.29 is 14.3 Å². The fourth-order valence-corrected chi connectivity index (χ4v) is 5.31. The van der Waals surface area contributed by atoms with Crippen molar-refractivity contribution in [2.45, 2.75) is 51.7 Å². The summed E-state index contributed by atoms with van der Waals surface area (Å²) in [4.78, 5) is 23.4. The molecule has 0 aliphatic carbocycles. The second-order valence-electron chi connectivity index (χ2n) is 8.72. The lowest BCUT2D eigenvalue weighted by Gasteiger charge is -2.35. The molecule has 0 radical (unpaired) electrons. The molecule has 170 valence electrons. The number of nitrogens with one attached hydrogen (secondary N) is 2. The quantitative estimate of drug-likeness (QED) is 0.552. The Hall–Kier alpha value is -2.71. The van der Waals surface area contributed by atoms with Gasteiger partial charge >= 0.3 is 0 Å². The van der Waals surface area contributed by atoms with Gasteiger partial charge in [0.05, 0.1) is 23.0 Å². The monoisotopic (exact) mass is 454 g/mol. The van der Waals surface area contributed by atoms with Crippen LogP contribution in [0.15, 0.2) is 30.6 Å². The topological polar surface area (TPSA) is 85.4 Å². The van der Waals surface area contributed by atoms with E-state index in [9.17, 15) is 4.79 Å². The van der Waals surface area contributed by atoms with Crippen molar-refractivity contribution >= 4 is 33.3 Å². The van der Waals surface area contributed by atoms with Crippen LogP contribution >= 0.6 is 11.3 Å². The van der Waals surface area contributed by atoms with E-state index >= 15 is 0 Å². The van der Waals surface area contributed by atoms with Gasteiger partial charge in [-0.15, -0.1) is 11.3 Å². The summed E-state index contributed by atoms with van der Waals surface area (Å²) >= 11 is 1.42. The first-order chi connectivity index (χ1) is 15.4. The lowest BCUT2D eigenvalue weighted by molar-refractivity contribution is -0.0615. The number of amides is 1. The van der Waals surface area contributed by atoms with E-state index in [1.807, 2.05) is 25.1 Å². The standard InChI is InChI=1S/C24H30N4O3S/c1-15-19-21(25-11-9-16-7-5-6-8-18(16)30-4)26-14-27-23(19)32-20(15)22(29)28-17-10-12-31-24(2,3)13-17/h5-8,14,17H,9-13H2,1-4H3,(H,28,29)(H,25,26,27)/t17-/m1/s1. The fraction of sp³-hybridized carbons (Fsp3) is 0.458. The predicted molar refractivity (Wildman–Crippen MR) is 128 cm³/mol. The van der Waals surface area contributed by atoms with E-state index in [4.69, 9.17) is 9.47 Å². The van der Waals surface area contributed by atoms with Crippen LogP contribution in [0.3, 0.4) is 0 Å². The van der Waals surface area contributed by atoms with Crippen molar-refractivity contribution in [3.8, 4) is 5.75 Å². The number of nitrogens with zero attached hydrogens (tertiary/aromatic N) is 2. The van der Waals surface area contributed by atoms with Crippen LogP contribution in [0.4, 0.5) is 5.82 Å². The summed E-state index contributed by atoms with van der Waals surface area (Å²) in [7, 11) is 1.68. The Morgan fingerprint density at radius 2 is 2.12 bits per heavy atom. The molecule has 0 spiro atoms. The molecule has 3 heterocycles. The van der Waals surface area contributed by atoms with Gasteiger partial charge < -0.3 is 20.1 Å². The van der Waals surface area contributed by atoms with Crippen molar-refractivity contribution in [2.24, 2.45) is 0 Å². The molecule has 1 aromatic carbocycles. The van der Waals surface area contributed by atoms with Crippen LogP contribution in [-0.2, 0) is 11.2 Å². The molecule has 1 saturated heterocycles. The Bertz CT molecular complexity index is 1110. The van der Waals surface area contributed by atoms with Gasteiger partial charge in [0.25, 0.3) is 5.91 Å². The summed E-state index contributed by atoms with van der Waals surface area (Å²) in [6.07, 6.45) is 3.98. The van der Waals surface area contributed by atoms with Crippen molar-refractivity contribution in [2.75, 3.05) is 25.6 Å². The van der Waals surface area contributed by atoms with Crippen molar-refractivity contribution in [1.29, 1.82) is 0 Å². The first-order valence-corrected chi connectivity index (χ1v) is 11.7. The van der Waals surface area contributed by atoms with Gasteiger partial charge in [0, 0.05) is 19.2 Å². The van der Waals surface area contributed by atoms with Crippen LogP contribution in [-0.4, -0.2) is 47.8 Å². The van der Waals surface area contributed by atoms with E-state index in [1.54, 1.807) is 13.4 Å². The summed E-state index contributed by atoms with van der Waals surface area (Å²) in [6, 6.07) is 8.11. The number of carbonyl (C=O) groups is 1. The van der Waals surface area contributed by atoms with Gasteiger partial charge in [-0.3, -0.25) is 4.79 Å². The molecular weight excluding hydrogens is 424 g/mol. The normalized spacial score (nSPS) is 17.8. The summed E-state index contributed by atoms with van der Waals surface area (Å²) in [5.74, 6) is 1.59. The average molecular weight is 455 g/mol.